The summed E-state index contributed by atoms with van der Waals surface area (Å²) in [6.45, 7) is 8.40. The van der Waals surface area contributed by atoms with Gasteiger partial charge in [-0.25, -0.2) is 4.68 Å². The van der Waals surface area contributed by atoms with E-state index in [-0.39, 0.29) is 0 Å². The third-order valence-corrected chi connectivity index (χ3v) is 5.57. The Hall–Kier alpha value is -1.98. The zero-order chi connectivity index (χ0) is 16.3. The van der Waals surface area contributed by atoms with Crippen LogP contribution < -0.4 is 0 Å². The molecule has 0 aliphatic rings. The smallest absolute Gasteiger partial charge is 0.139 e. The standard InChI is InChI=1S/C18H23N3OSi/c1-23(2,3)11-10-22-14-21-18-12-16(4-5-17(18)13-20-21)15-6-8-19-9-7-15/h4-9,12-13H,10-11,14H2,1-3H3. The number of rotatable bonds is 6. The van der Waals surface area contributed by atoms with Crippen LogP contribution in [0.4, 0.5) is 0 Å². The second-order valence-corrected chi connectivity index (χ2v) is 12.6. The Kier molecular flexibility index (Phi) is 4.59. The third kappa shape index (κ3) is 4.06. The van der Waals surface area contributed by atoms with Crippen LogP contribution in [0.5, 0.6) is 0 Å². The van der Waals surface area contributed by atoms with Gasteiger partial charge in [-0.2, -0.15) is 5.10 Å². The Morgan fingerprint density at radius 1 is 1.04 bits per heavy atom. The molecule has 0 saturated carbocycles. The fourth-order valence-corrected chi connectivity index (χ4v) is 3.18. The van der Waals surface area contributed by atoms with E-state index in [0.717, 1.165) is 23.1 Å². The normalized spacial score (nSPS) is 12.0. The van der Waals surface area contributed by atoms with Crippen molar-refractivity contribution in [2.24, 2.45) is 0 Å². The highest BCUT2D eigenvalue weighted by atomic mass is 28.3. The Bertz CT molecular complexity index is 778. The number of hydrogen-bond donors (Lipinski definition) is 0. The number of hydrogen-bond acceptors (Lipinski definition) is 3. The van der Waals surface area contributed by atoms with Crippen molar-refractivity contribution in [1.82, 2.24) is 14.8 Å². The van der Waals surface area contributed by atoms with E-state index < -0.39 is 8.07 Å². The van der Waals surface area contributed by atoms with Crippen LogP contribution >= 0.6 is 0 Å². The van der Waals surface area contributed by atoms with Gasteiger partial charge in [0.05, 0.1) is 11.7 Å². The summed E-state index contributed by atoms with van der Waals surface area (Å²) in [4.78, 5) is 4.08. The Morgan fingerprint density at radius 3 is 2.57 bits per heavy atom. The Morgan fingerprint density at radius 2 is 1.83 bits per heavy atom. The van der Waals surface area contributed by atoms with Crippen LogP contribution in [0.1, 0.15) is 0 Å². The topological polar surface area (TPSA) is 39.9 Å². The molecule has 5 heteroatoms. The summed E-state index contributed by atoms with van der Waals surface area (Å²) in [5.41, 5.74) is 3.44. The fourth-order valence-electron chi connectivity index (χ4n) is 2.43. The lowest BCUT2D eigenvalue weighted by molar-refractivity contribution is 0.0817. The minimum Gasteiger partial charge on any atom is -0.360 e. The first kappa shape index (κ1) is 15.9. The van der Waals surface area contributed by atoms with Crippen LogP contribution in [0.2, 0.25) is 25.7 Å². The van der Waals surface area contributed by atoms with Gasteiger partial charge in [-0.05, 0) is 35.4 Å². The van der Waals surface area contributed by atoms with Gasteiger partial charge in [0.15, 0.2) is 0 Å². The van der Waals surface area contributed by atoms with Gasteiger partial charge in [0.25, 0.3) is 0 Å². The number of fused-ring (bicyclic) bond motifs is 1. The molecule has 0 aliphatic carbocycles. The van der Waals surface area contributed by atoms with E-state index in [2.05, 4.69) is 47.9 Å². The van der Waals surface area contributed by atoms with E-state index in [1.165, 1.54) is 11.6 Å². The summed E-state index contributed by atoms with van der Waals surface area (Å²) in [6, 6.07) is 11.6. The largest absolute Gasteiger partial charge is 0.360 e. The highest BCUT2D eigenvalue weighted by Crippen LogP contribution is 2.24. The first-order valence-electron chi connectivity index (χ1n) is 7.97. The zero-order valence-corrected chi connectivity index (χ0v) is 15.0. The van der Waals surface area contributed by atoms with Crippen LogP contribution in [-0.4, -0.2) is 29.4 Å². The molecule has 4 nitrogen and oxygen atoms in total. The number of ether oxygens (including phenoxy) is 1. The molecule has 0 atom stereocenters. The molecule has 2 aromatic heterocycles. The first-order valence-corrected chi connectivity index (χ1v) is 11.7. The third-order valence-electron chi connectivity index (χ3n) is 3.87. The highest BCUT2D eigenvalue weighted by Gasteiger charge is 2.12. The summed E-state index contributed by atoms with van der Waals surface area (Å²) < 4.78 is 7.77. The lowest BCUT2D eigenvalue weighted by atomic mass is 10.1. The number of nitrogens with zero attached hydrogens (tertiary/aromatic N) is 3. The molecule has 3 rings (SSSR count). The predicted molar refractivity (Wildman–Crippen MR) is 97.1 cm³/mol. The molecule has 0 radical (unpaired) electrons. The molecule has 0 fully saturated rings. The molecule has 1 aromatic carbocycles. The van der Waals surface area contributed by atoms with Gasteiger partial charge in [0.1, 0.15) is 6.73 Å². The molecule has 0 spiro atoms. The molecule has 3 aromatic rings. The van der Waals surface area contributed by atoms with E-state index in [9.17, 15) is 0 Å². The van der Waals surface area contributed by atoms with E-state index >= 15 is 0 Å². The van der Waals surface area contributed by atoms with Crippen molar-refractivity contribution in [1.29, 1.82) is 0 Å². The van der Waals surface area contributed by atoms with E-state index in [0.29, 0.717) is 6.73 Å². The van der Waals surface area contributed by atoms with E-state index in [4.69, 9.17) is 4.74 Å². The quantitative estimate of drug-likeness (QED) is 0.498. The first-order chi connectivity index (χ1) is 11.0. The lowest BCUT2D eigenvalue weighted by Gasteiger charge is -2.15. The molecular formula is C18H23N3OSi. The highest BCUT2D eigenvalue weighted by molar-refractivity contribution is 6.76. The number of benzene rings is 1. The van der Waals surface area contributed by atoms with Gasteiger partial charge >= 0.3 is 0 Å². The predicted octanol–water partition coefficient (Wildman–Crippen LogP) is 4.41. The molecule has 0 aliphatic heterocycles. The molecule has 120 valence electrons. The number of aromatic nitrogens is 3. The van der Waals surface area contributed by atoms with Gasteiger partial charge < -0.3 is 4.74 Å². The summed E-state index contributed by atoms with van der Waals surface area (Å²) in [5.74, 6) is 0. The maximum Gasteiger partial charge on any atom is 0.139 e. The molecule has 0 amide bonds. The van der Waals surface area contributed by atoms with Crippen molar-refractivity contribution in [2.45, 2.75) is 32.4 Å². The minimum atomic E-state index is -1.05. The molecular weight excluding hydrogens is 302 g/mol. The Labute approximate surface area is 138 Å². The molecule has 0 bridgehead atoms. The summed E-state index contributed by atoms with van der Waals surface area (Å²) >= 11 is 0. The van der Waals surface area contributed by atoms with Crippen LogP contribution in [0, 0.1) is 0 Å². The average Bonchev–Trinajstić information content (AvgIpc) is 2.94. The van der Waals surface area contributed by atoms with Crippen molar-refractivity contribution in [3.63, 3.8) is 0 Å². The number of pyridine rings is 1. The lowest BCUT2D eigenvalue weighted by Crippen LogP contribution is -2.22. The summed E-state index contributed by atoms with van der Waals surface area (Å²) in [7, 11) is -1.05. The van der Waals surface area contributed by atoms with Gasteiger partial charge in [-0.3, -0.25) is 4.98 Å². The minimum absolute atomic E-state index is 0.508. The monoisotopic (exact) mass is 325 g/mol. The summed E-state index contributed by atoms with van der Waals surface area (Å²) in [5, 5.41) is 5.59. The second kappa shape index (κ2) is 6.64. The molecule has 0 N–H and O–H groups in total. The van der Waals surface area contributed by atoms with Crippen molar-refractivity contribution in [3.8, 4) is 11.1 Å². The van der Waals surface area contributed by atoms with Gasteiger partial charge in [0, 0.05) is 32.5 Å². The fraction of sp³-hybridized carbons (Fsp3) is 0.333. The average molecular weight is 325 g/mol. The Balaban J connectivity index is 1.76. The van der Waals surface area contributed by atoms with E-state index in [1.807, 2.05) is 35.4 Å². The van der Waals surface area contributed by atoms with E-state index in [1.54, 1.807) is 0 Å². The van der Waals surface area contributed by atoms with Gasteiger partial charge in [0.2, 0.25) is 0 Å². The van der Waals surface area contributed by atoms with Gasteiger partial charge in [-0.15, -0.1) is 0 Å². The second-order valence-electron chi connectivity index (χ2n) is 7.00. The summed E-state index contributed by atoms with van der Waals surface area (Å²) in [6.07, 6.45) is 5.53. The van der Waals surface area contributed by atoms with Crippen molar-refractivity contribution < 1.29 is 4.74 Å². The maximum absolute atomic E-state index is 5.83. The van der Waals surface area contributed by atoms with Crippen LogP contribution in [0.3, 0.4) is 0 Å². The molecule has 0 unspecified atom stereocenters. The van der Waals surface area contributed by atoms with Gasteiger partial charge in [-0.1, -0.05) is 31.8 Å². The van der Waals surface area contributed by atoms with Crippen LogP contribution in [0.15, 0.2) is 48.9 Å². The SMILES string of the molecule is C[Si](C)(C)CCOCn1ncc2ccc(-c3ccncc3)cc21. The maximum atomic E-state index is 5.83. The zero-order valence-electron chi connectivity index (χ0n) is 14.0. The van der Waals surface area contributed by atoms with Crippen molar-refractivity contribution in [2.75, 3.05) is 6.61 Å². The van der Waals surface area contributed by atoms with Crippen molar-refractivity contribution >= 4 is 19.0 Å². The van der Waals surface area contributed by atoms with Crippen molar-refractivity contribution in [3.05, 3.63) is 48.9 Å². The van der Waals surface area contributed by atoms with Crippen LogP contribution in [-0.2, 0) is 11.5 Å². The molecule has 2 heterocycles. The molecule has 23 heavy (non-hydrogen) atoms. The van der Waals surface area contributed by atoms with Crippen LogP contribution in [0.25, 0.3) is 22.0 Å². The molecule has 0 saturated heterocycles.